The lowest BCUT2D eigenvalue weighted by Crippen LogP contribution is -2.51. The standard InChI is InChI=1S/C15H32N4O/c1-15(17-2,14(16)20)9-5-6-10-19-11-7-13(8-12-19)18(3)4/h13,17H,5-12H2,1-4H3,(H2,16,20). The molecule has 0 spiro atoms. The predicted molar refractivity (Wildman–Crippen MR) is 83.7 cm³/mol. The van der Waals surface area contributed by atoms with Crippen LogP contribution in [0.25, 0.3) is 0 Å². The lowest BCUT2D eigenvalue weighted by Gasteiger charge is -2.35. The number of nitrogens with two attached hydrogens (primary N) is 1. The van der Waals surface area contributed by atoms with E-state index in [1.807, 2.05) is 6.92 Å². The molecule has 1 fully saturated rings. The number of carbonyl (C=O) groups is 1. The van der Waals surface area contributed by atoms with Crippen LogP contribution in [0, 0.1) is 0 Å². The first-order valence-corrected chi connectivity index (χ1v) is 7.76. The van der Waals surface area contributed by atoms with Crippen LogP contribution in [0.5, 0.6) is 0 Å². The first kappa shape index (κ1) is 17.4. The first-order valence-electron chi connectivity index (χ1n) is 7.76. The summed E-state index contributed by atoms with van der Waals surface area (Å²) < 4.78 is 0. The zero-order valence-electron chi connectivity index (χ0n) is 13.6. The number of nitrogens with one attached hydrogen (secondary N) is 1. The maximum absolute atomic E-state index is 11.4. The number of hydrogen-bond donors (Lipinski definition) is 2. The van der Waals surface area contributed by atoms with Crippen molar-refractivity contribution in [1.29, 1.82) is 0 Å². The molecule has 0 aliphatic carbocycles. The topological polar surface area (TPSA) is 61.6 Å². The maximum Gasteiger partial charge on any atom is 0.237 e. The highest BCUT2D eigenvalue weighted by atomic mass is 16.1. The second-order valence-corrected chi connectivity index (χ2v) is 6.44. The number of likely N-dealkylation sites (N-methyl/N-ethyl adjacent to an activating group) is 1. The highest BCUT2D eigenvalue weighted by Crippen LogP contribution is 2.16. The molecular weight excluding hydrogens is 252 g/mol. The van der Waals surface area contributed by atoms with Crippen LogP contribution in [0.1, 0.15) is 39.0 Å². The summed E-state index contributed by atoms with van der Waals surface area (Å²) in [5.41, 5.74) is 4.88. The van der Waals surface area contributed by atoms with Gasteiger partial charge >= 0.3 is 0 Å². The molecule has 20 heavy (non-hydrogen) atoms. The number of likely N-dealkylation sites (tertiary alicyclic amines) is 1. The van der Waals surface area contributed by atoms with Gasteiger partial charge in [0, 0.05) is 6.04 Å². The monoisotopic (exact) mass is 284 g/mol. The van der Waals surface area contributed by atoms with Crippen LogP contribution in [-0.4, -0.2) is 68.1 Å². The van der Waals surface area contributed by atoms with Gasteiger partial charge in [0.2, 0.25) is 5.91 Å². The molecule has 1 heterocycles. The van der Waals surface area contributed by atoms with Crippen LogP contribution in [0.2, 0.25) is 0 Å². The number of amides is 1. The third-order valence-electron chi connectivity index (χ3n) is 4.78. The normalized spacial score (nSPS) is 21.1. The van der Waals surface area contributed by atoms with Crippen molar-refractivity contribution >= 4 is 5.91 Å². The Morgan fingerprint density at radius 2 is 1.95 bits per heavy atom. The third kappa shape index (κ3) is 5.04. The quantitative estimate of drug-likeness (QED) is 0.642. The summed E-state index contributed by atoms with van der Waals surface area (Å²) in [6.07, 6.45) is 5.52. The van der Waals surface area contributed by atoms with E-state index in [4.69, 9.17) is 5.73 Å². The molecule has 1 unspecified atom stereocenters. The summed E-state index contributed by atoms with van der Waals surface area (Å²) in [6, 6.07) is 0.744. The minimum absolute atomic E-state index is 0.258. The van der Waals surface area contributed by atoms with Gasteiger partial charge in [-0.1, -0.05) is 0 Å². The van der Waals surface area contributed by atoms with Crippen molar-refractivity contribution in [3.8, 4) is 0 Å². The summed E-state index contributed by atoms with van der Waals surface area (Å²) in [5.74, 6) is -0.258. The Morgan fingerprint density at radius 3 is 2.40 bits per heavy atom. The van der Waals surface area contributed by atoms with Gasteiger partial charge in [-0.05, 0) is 79.8 Å². The molecule has 1 aliphatic heterocycles. The maximum atomic E-state index is 11.4. The van der Waals surface area contributed by atoms with Crippen molar-refractivity contribution in [3.05, 3.63) is 0 Å². The first-order chi connectivity index (χ1) is 9.39. The molecule has 1 aliphatic rings. The minimum atomic E-state index is -0.558. The summed E-state index contributed by atoms with van der Waals surface area (Å²) in [6.45, 7) is 5.42. The molecule has 1 saturated heterocycles. The molecule has 0 aromatic carbocycles. The van der Waals surface area contributed by atoms with E-state index in [0.717, 1.165) is 31.8 Å². The molecule has 0 bridgehead atoms. The number of rotatable bonds is 8. The Kier molecular flexibility index (Phi) is 6.92. The van der Waals surface area contributed by atoms with Gasteiger partial charge in [0.05, 0.1) is 5.54 Å². The van der Waals surface area contributed by atoms with E-state index in [0.29, 0.717) is 0 Å². The number of primary amides is 1. The van der Waals surface area contributed by atoms with Crippen LogP contribution in [0.15, 0.2) is 0 Å². The smallest absolute Gasteiger partial charge is 0.237 e. The molecule has 0 aromatic heterocycles. The number of carbonyl (C=O) groups excluding carboxylic acids is 1. The van der Waals surface area contributed by atoms with Crippen molar-refractivity contribution in [2.24, 2.45) is 5.73 Å². The van der Waals surface area contributed by atoms with Crippen molar-refractivity contribution in [2.75, 3.05) is 40.8 Å². The molecule has 5 heteroatoms. The Bertz CT molecular complexity index is 300. The minimum Gasteiger partial charge on any atom is -0.368 e. The van der Waals surface area contributed by atoms with Gasteiger partial charge in [0.25, 0.3) is 0 Å². The van der Waals surface area contributed by atoms with E-state index in [1.165, 1.54) is 25.9 Å². The van der Waals surface area contributed by atoms with E-state index in [2.05, 4.69) is 29.2 Å². The SMILES string of the molecule is CNC(C)(CCCCN1CCC(N(C)C)CC1)C(N)=O. The molecule has 0 aromatic rings. The van der Waals surface area contributed by atoms with E-state index < -0.39 is 5.54 Å². The van der Waals surface area contributed by atoms with Crippen molar-refractivity contribution in [2.45, 2.75) is 50.6 Å². The Hall–Kier alpha value is -0.650. The van der Waals surface area contributed by atoms with E-state index in [9.17, 15) is 4.79 Å². The van der Waals surface area contributed by atoms with Gasteiger partial charge in [0.1, 0.15) is 0 Å². The Morgan fingerprint density at radius 1 is 1.35 bits per heavy atom. The number of nitrogens with zero attached hydrogens (tertiary/aromatic N) is 2. The lowest BCUT2D eigenvalue weighted by molar-refractivity contribution is -0.123. The number of piperidine rings is 1. The summed E-state index contributed by atoms with van der Waals surface area (Å²) >= 11 is 0. The highest BCUT2D eigenvalue weighted by Gasteiger charge is 2.28. The zero-order chi connectivity index (χ0) is 15.2. The number of unbranched alkanes of at least 4 members (excludes halogenated alkanes) is 1. The number of hydrogen-bond acceptors (Lipinski definition) is 4. The van der Waals surface area contributed by atoms with Crippen molar-refractivity contribution in [3.63, 3.8) is 0 Å². The van der Waals surface area contributed by atoms with Gasteiger partial charge in [-0.25, -0.2) is 0 Å². The zero-order valence-corrected chi connectivity index (χ0v) is 13.6. The fourth-order valence-electron chi connectivity index (χ4n) is 2.84. The van der Waals surface area contributed by atoms with Crippen LogP contribution in [-0.2, 0) is 4.79 Å². The van der Waals surface area contributed by atoms with Crippen LogP contribution in [0.3, 0.4) is 0 Å². The van der Waals surface area contributed by atoms with Gasteiger partial charge in [-0.3, -0.25) is 4.79 Å². The molecule has 3 N–H and O–H groups in total. The van der Waals surface area contributed by atoms with Gasteiger partial charge in [-0.15, -0.1) is 0 Å². The van der Waals surface area contributed by atoms with Crippen molar-refractivity contribution < 1.29 is 4.79 Å². The molecule has 0 saturated carbocycles. The molecule has 0 radical (unpaired) electrons. The van der Waals surface area contributed by atoms with E-state index in [-0.39, 0.29) is 5.91 Å². The van der Waals surface area contributed by atoms with Crippen LogP contribution < -0.4 is 11.1 Å². The van der Waals surface area contributed by atoms with Gasteiger partial charge < -0.3 is 20.9 Å². The van der Waals surface area contributed by atoms with Crippen LogP contribution >= 0.6 is 0 Å². The summed E-state index contributed by atoms with van der Waals surface area (Å²) in [7, 11) is 6.14. The average molecular weight is 284 g/mol. The van der Waals surface area contributed by atoms with Gasteiger partial charge in [-0.2, -0.15) is 0 Å². The fourth-order valence-corrected chi connectivity index (χ4v) is 2.84. The third-order valence-corrected chi connectivity index (χ3v) is 4.78. The van der Waals surface area contributed by atoms with E-state index >= 15 is 0 Å². The highest BCUT2D eigenvalue weighted by molar-refractivity contribution is 5.84. The second kappa shape index (κ2) is 7.96. The molecule has 1 atom stereocenters. The lowest BCUT2D eigenvalue weighted by atomic mass is 9.94. The Balaban J connectivity index is 2.18. The Labute approximate surface area is 123 Å². The fraction of sp³-hybridized carbons (Fsp3) is 0.933. The van der Waals surface area contributed by atoms with E-state index in [1.54, 1.807) is 7.05 Å². The summed E-state index contributed by atoms with van der Waals surface area (Å²) in [5, 5.41) is 3.04. The average Bonchev–Trinajstić information content (AvgIpc) is 2.43. The molecule has 1 amide bonds. The van der Waals surface area contributed by atoms with Gasteiger partial charge in [0.15, 0.2) is 0 Å². The largest absolute Gasteiger partial charge is 0.368 e. The second-order valence-electron chi connectivity index (χ2n) is 6.44. The summed E-state index contributed by atoms with van der Waals surface area (Å²) in [4.78, 5) is 16.3. The molecule has 5 nitrogen and oxygen atoms in total. The predicted octanol–water partition coefficient (Wildman–Crippen LogP) is 0.646. The van der Waals surface area contributed by atoms with Crippen LogP contribution in [0.4, 0.5) is 0 Å². The molecular formula is C15H32N4O. The molecule has 1 rings (SSSR count). The van der Waals surface area contributed by atoms with Crippen molar-refractivity contribution in [1.82, 2.24) is 15.1 Å². The molecule has 118 valence electrons.